The van der Waals surface area contributed by atoms with E-state index in [1.165, 1.54) is 44.9 Å². The molecule has 2 N–H and O–H groups in total. The summed E-state index contributed by atoms with van der Waals surface area (Å²) in [4.78, 5) is 25.2. The van der Waals surface area contributed by atoms with Gasteiger partial charge in [-0.3, -0.25) is 14.8 Å². The first kappa shape index (κ1) is 21.1. The van der Waals surface area contributed by atoms with Crippen molar-refractivity contribution in [2.45, 2.75) is 91.4 Å². The molecule has 0 aliphatic heterocycles. The Balaban J connectivity index is 1.58. The maximum atomic E-state index is 13.8. The maximum absolute atomic E-state index is 13.8. The van der Waals surface area contributed by atoms with Crippen LogP contribution in [0.4, 0.5) is 0 Å². The Morgan fingerprint density at radius 3 is 2.59 bits per heavy atom. The summed E-state index contributed by atoms with van der Waals surface area (Å²) in [5.41, 5.74) is 3.43. The van der Waals surface area contributed by atoms with E-state index in [1.54, 1.807) is 5.48 Å². The van der Waals surface area contributed by atoms with Crippen LogP contribution in [0.15, 0.2) is 11.6 Å². The van der Waals surface area contributed by atoms with E-state index in [-0.39, 0.29) is 17.2 Å². The summed E-state index contributed by atoms with van der Waals surface area (Å²) < 4.78 is 0. The molecule has 0 radical (unpaired) electrons. The third-order valence-electron chi connectivity index (χ3n) is 9.92. The van der Waals surface area contributed by atoms with Crippen molar-refractivity contribution in [3.63, 3.8) is 0 Å². The second-order valence-electron chi connectivity index (χ2n) is 10.9. The number of allylic oxidation sites excluding steroid dienone is 2. The predicted molar refractivity (Wildman–Crippen MR) is 113 cm³/mol. The fourth-order valence-electron chi connectivity index (χ4n) is 8.41. The molecule has 0 bridgehead atoms. The summed E-state index contributed by atoms with van der Waals surface area (Å²) >= 11 is 0. The molecule has 4 rings (SSSR count). The number of carbonyl (C=O) groups is 2. The molecule has 4 fully saturated rings. The van der Waals surface area contributed by atoms with E-state index in [9.17, 15) is 9.59 Å². The molecule has 4 nitrogen and oxygen atoms in total. The first-order valence-corrected chi connectivity index (χ1v) is 12.0. The van der Waals surface area contributed by atoms with Gasteiger partial charge in [0, 0.05) is 12.3 Å². The number of Topliss-reactive ketones (excluding diaryl/α,β-unsaturated/α-hetero) is 1. The number of rotatable bonds is 4. The number of nitrogens with one attached hydrogen (secondary N) is 1. The maximum Gasteiger partial charge on any atom is 0.243 e. The number of carbonyl (C=O) groups excluding carboxylic acids is 2. The molecule has 7 atom stereocenters. The molecule has 4 aliphatic rings. The van der Waals surface area contributed by atoms with Gasteiger partial charge in [-0.2, -0.15) is 0 Å². The lowest BCUT2D eigenvalue weighted by atomic mass is 9.43. The second kappa shape index (κ2) is 7.83. The highest BCUT2D eigenvalue weighted by Crippen LogP contribution is 2.67. The van der Waals surface area contributed by atoms with Crippen LogP contribution in [0, 0.1) is 40.4 Å². The monoisotopic (exact) mass is 401 g/mol. The lowest BCUT2D eigenvalue weighted by molar-refractivity contribution is -0.145. The Hall–Kier alpha value is -1.16. The zero-order valence-electron chi connectivity index (χ0n) is 18.5. The van der Waals surface area contributed by atoms with Gasteiger partial charge in [0.25, 0.3) is 0 Å². The van der Waals surface area contributed by atoms with Gasteiger partial charge in [-0.05, 0) is 98.4 Å². The van der Waals surface area contributed by atoms with Gasteiger partial charge in [0.05, 0.1) is 0 Å². The van der Waals surface area contributed by atoms with Crippen LogP contribution in [0.25, 0.3) is 0 Å². The Bertz CT molecular complexity index is 700. The summed E-state index contributed by atoms with van der Waals surface area (Å²) in [6.07, 6.45) is 14.2. The van der Waals surface area contributed by atoms with Crippen LogP contribution >= 0.6 is 0 Å². The van der Waals surface area contributed by atoms with Gasteiger partial charge in [0.15, 0.2) is 5.78 Å². The first-order valence-electron chi connectivity index (χ1n) is 12.0. The van der Waals surface area contributed by atoms with Gasteiger partial charge in [0.2, 0.25) is 5.91 Å². The molecular weight excluding hydrogens is 362 g/mol. The fraction of sp³-hybridized carbons (Fsp3) is 0.840. The van der Waals surface area contributed by atoms with Crippen molar-refractivity contribution in [2.75, 3.05) is 0 Å². The van der Waals surface area contributed by atoms with Crippen molar-refractivity contribution in [3.8, 4) is 0 Å². The highest BCUT2D eigenvalue weighted by atomic mass is 16.5. The number of hydrogen-bond acceptors (Lipinski definition) is 3. The van der Waals surface area contributed by atoms with E-state index >= 15 is 0 Å². The smallest absolute Gasteiger partial charge is 0.243 e. The topological polar surface area (TPSA) is 66.4 Å². The van der Waals surface area contributed by atoms with E-state index in [0.29, 0.717) is 41.3 Å². The molecule has 0 saturated heterocycles. The number of ketones is 1. The molecule has 0 aromatic carbocycles. The summed E-state index contributed by atoms with van der Waals surface area (Å²) in [5.74, 6) is 2.54. The molecule has 1 amide bonds. The van der Waals surface area contributed by atoms with Gasteiger partial charge in [-0.25, -0.2) is 5.48 Å². The summed E-state index contributed by atoms with van der Waals surface area (Å²) in [7, 11) is 0. The number of hydrogen-bond donors (Lipinski definition) is 2. The average Bonchev–Trinajstić information content (AvgIpc) is 3.05. The van der Waals surface area contributed by atoms with Gasteiger partial charge >= 0.3 is 0 Å². The largest absolute Gasteiger partial charge is 0.294 e. The van der Waals surface area contributed by atoms with E-state index in [4.69, 9.17) is 5.21 Å². The third kappa shape index (κ3) is 3.21. The van der Waals surface area contributed by atoms with Crippen molar-refractivity contribution in [2.24, 2.45) is 40.4 Å². The number of fused-ring (bicyclic) bond motifs is 5. The number of amides is 1. The standard InChI is InChI=1S/C25H39NO3/c1-4-17-18-9-5-6-14-25(18,3)20-13-15-24(2)16(8-7-10-21(27)26-29)11-12-19(24)22(20)23(17)28/h4,16,18-20,22,29H,5-15H2,1-3H3,(H,26,27)/b17-4+. The third-order valence-corrected chi connectivity index (χ3v) is 9.92. The molecule has 4 heteroatoms. The molecule has 29 heavy (non-hydrogen) atoms. The summed E-state index contributed by atoms with van der Waals surface area (Å²) in [5, 5.41) is 8.75. The van der Waals surface area contributed by atoms with Crippen molar-refractivity contribution >= 4 is 11.7 Å². The fourth-order valence-corrected chi connectivity index (χ4v) is 8.41. The van der Waals surface area contributed by atoms with E-state index in [2.05, 4.69) is 26.8 Å². The first-order chi connectivity index (χ1) is 13.9. The Morgan fingerprint density at radius 2 is 1.86 bits per heavy atom. The normalized spacial score (nSPS) is 45.4. The SMILES string of the molecule is C/C=C1/C(=O)C2C3CCC(CCCC(=O)NO)C3(C)CCC2C2(C)CCCCC12. The molecule has 162 valence electrons. The lowest BCUT2D eigenvalue weighted by Crippen LogP contribution is -2.57. The van der Waals surface area contributed by atoms with Gasteiger partial charge in [0.1, 0.15) is 0 Å². The average molecular weight is 402 g/mol. The molecule has 0 spiro atoms. The van der Waals surface area contributed by atoms with Gasteiger partial charge in [-0.15, -0.1) is 0 Å². The van der Waals surface area contributed by atoms with Crippen LogP contribution in [0.3, 0.4) is 0 Å². The van der Waals surface area contributed by atoms with E-state index < -0.39 is 0 Å². The second-order valence-corrected chi connectivity index (χ2v) is 10.9. The summed E-state index contributed by atoms with van der Waals surface area (Å²) in [6.45, 7) is 7.02. The number of hydroxylamine groups is 1. The molecule has 0 heterocycles. The molecule has 4 aliphatic carbocycles. The van der Waals surface area contributed by atoms with Gasteiger partial charge < -0.3 is 0 Å². The molecule has 4 saturated carbocycles. The predicted octanol–water partition coefficient (Wildman–Crippen LogP) is 5.45. The minimum absolute atomic E-state index is 0.213. The van der Waals surface area contributed by atoms with Crippen molar-refractivity contribution in [1.82, 2.24) is 5.48 Å². The van der Waals surface area contributed by atoms with Crippen LogP contribution in [-0.4, -0.2) is 16.9 Å². The molecular formula is C25H39NO3. The quantitative estimate of drug-likeness (QED) is 0.374. The molecule has 0 aromatic heterocycles. The van der Waals surface area contributed by atoms with E-state index in [0.717, 1.165) is 24.8 Å². The minimum Gasteiger partial charge on any atom is -0.294 e. The van der Waals surface area contributed by atoms with E-state index in [1.807, 2.05) is 0 Å². The highest BCUT2D eigenvalue weighted by molar-refractivity contribution is 5.99. The van der Waals surface area contributed by atoms with Crippen LogP contribution in [0.1, 0.15) is 91.4 Å². The Kier molecular flexibility index (Phi) is 5.69. The van der Waals surface area contributed by atoms with Crippen LogP contribution in [-0.2, 0) is 9.59 Å². The zero-order chi connectivity index (χ0) is 20.8. The zero-order valence-corrected chi connectivity index (χ0v) is 18.5. The highest BCUT2D eigenvalue weighted by Gasteiger charge is 2.63. The summed E-state index contributed by atoms with van der Waals surface area (Å²) in [6, 6.07) is 0. The van der Waals surface area contributed by atoms with Crippen molar-refractivity contribution < 1.29 is 14.8 Å². The lowest BCUT2D eigenvalue weighted by Gasteiger charge is -2.60. The van der Waals surface area contributed by atoms with Crippen molar-refractivity contribution in [1.29, 1.82) is 0 Å². The Morgan fingerprint density at radius 1 is 1.10 bits per heavy atom. The van der Waals surface area contributed by atoms with Crippen molar-refractivity contribution in [3.05, 3.63) is 11.6 Å². The van der Waals surface area contributed by atoms with Crippen LogP contribution in [0.2, 0.25) is 0 Å². The molecule has 0 aromatic rings. The molecule has 7 unspecified atom stereocenters. The van der Waals surface area contributed by atoms with Gasteiger partial charge in [-0.1, -0.05) is 32.8 Å². The van der Waals surface area contributed by atoms with Crippen LogP contribution < -0.4 is 5.48 Å². The Labute approximate surface area is 175 Å². The van der Waals surface area contributed by atoms with Crippen LogP contribution in [0.5, 0.6) is 0 Å². The minimum atomic E-state index is -0.287.